The molecule has 1 N–H and O–H groups in total. The van der Waals surface area contributed by atoms with Gasteiger partial charge in [0.1, 0.15) is 47.5 Å². The summed E-state index contributed by atoms with van der Waals surface area (Å²) in [6, 6.07) is 38.1. The Balaban J connectivity index is 0.000000157. The number of aromatic nitrogens is 12. The van der Waals surface area contributed by atoms with Gasteiger partial charge < -0.3 is 32.0 Å². The molecule has 0 unspecified atom stereocenters. The van der Waals surface area contributed by atoms with Crippen molar-refractivity contribution in [3.63, 3.8) is 0 Å². The van der Waals surface area contributed by atoms with Crippen molar-refractivity contribution in [3.8, 4) is 56.0 Å². The number of pyridine rings is 3. The van der Waals surface area contributed by atoms with Gasteiger partial charge in [-0.2, -0.15) is 15.3 Å². The molecule has 13 rings (SSSR count). The van der Waals surface area contributed by atoms with Gasteiger partial charge in [0.05, 0.1) is 26.2 Å². The van der Waals surface area contributed by atoms with Gasteiger partial charge in [0, 0.05) is 145 Å². The molecule has 528 valence electrons. The SMILES string of the molecule is CC.CC(C)c1[nH]nc(-c2ccc(Cl)cc2)c1-c1ccc2nccn2c1.CC(C)c1c(-c2ccc3nccn3c2)c(-c2ccc(Cl)cc2)nn1COCC[Si](C)(C)C.CC(C)c1c(I)c(-c2ccc(Cl)cc2)nn1COCC[Si](C)(C)C.CC1(C)OB(c2ccc3nccn3c2)OC1(C)C. The lowest BCUT2D eigenvalue weighted by Crippen LogP contribution is -2.41. The van der Waals surface area contributed by atoms with Crippen molar-refractivity contribution in [2.24, 2.45) is 0 Å². The quantitative estimate of drug-likeness (QED) is 0.0470. The lowest BCUT2D eigenvalue weighted by atomic mass is 9.80. The van der Waals surface area contributed by atoms with Crippen LogP contribution in [0.15, 0.2) is 165 Å². The zero-order chi connectivity index (χ0) is 72.4. The van der Waals surface area contributed by atoms with E-state index in [1.165, 1.54) is 21.0 Å². The Labute approximate surface area is 621 Å². The molecule has 0 spiro atoms. The predicted octanol–water partition coefficient (Wildman–Crippen LogP) is 21.0. The highest BCUT2D eigenvalue weighted by atomic mass is 127. The van der Waals surface area contributed by atoms with E-state index < -0.39 is 16.1 Å². The number of H-pyrrole nitrogens is 1. The van der Waals surface area contributed by atoms with E-state index in [1.54, 1.807) is 12.4 Å². The minimum absolute atomic E-state index is 0.276. The summed E-state index contributed by atoms with van der Waals surface area (Å²) in [5.74, 6) is 1.01. The van der Waals surface area contributed by atoms with Gasteiger partial charge in [0.2, 0.25) is 0 Å². The number of nitrogens with one attached hydrogen (secondary N) is 1. The van der Waals surface area contributed by atoms with Crippen LogP contribution in [0.5, 0.6) is 0 Å². The number of hydrogen-bond acceptors (Lipinski definition) is 10. The van der Waals surface area contributed by atoms with Crippen LogP contribution in [-0.2, 0) is 32.2 Å². The number of aromatic amines is 1. The third kappa shape index (κ3) is 19.3. The molecule has 1 aliphatic heterocycles. The molecule has 10 heterocycles. The minimum Gasteiger partial charge on any atom is -0.399 e. The van der Waals surface area contributed by atoms with E-state index in [9.17, 15) is 0 Å². The summed E-state index contributed by atoms with van der Waals surface area (Å²) in [6.07, 6.45) is 17.5. The summed E-state index contributed by atoms with van der Waals surface area (Å²) in [5, 5.41) is 19.9. The number of fused-ring (bicyclic) bond motifs is 3. The highest BCUT2D eigenvalue weighted by Gasteiger charge is 2.52. The standard InChI is InChI=1S/C25H31ClN4OSi.C19H17ClN4.C18H26ClIN2OSi.C13H17BN2O2.C2H6/c1-18(2)25-23(20-8-11-22-27-12-13-29(22)16-20)24(19-6-9-21(26)10-7-19)28-30(25)17-31-14-15-32(3,4)5;1-12(2)18-17(14-5-8-16-21-9-10-24(16)11-14)19(23-22-18)13-3-6-15(20)7-4-13;1-13(2)18-16(20)17(14-6-8-15(19)9-7-14)21-22(18)12-23-10-11-24(3,4)5;1-12(2)13(3,4)18-14(17-12)10-5-6-11-15-7-8-16(11)9-10;1-2/h6-13,16,18H,14-15,17H2,1-5H3;3-12H,1-2H3,(H,22,23);6-9,13H,10-12H2,1-5H3;5-9H,1-4H3;1-2H3. The highest BCUT2D eigenvalue weighted by molar-refractivity contribution is 14.1. The van der Waals surface area contributed by atoms with Gasteiger partial charge in [-0.3, -0.25) is 5.10 Å². The van der Waals surface area contributed by atoms with Crippen molar-refractivity contribution < 1.29 is 18.8 Å². The summed E-state index contributed by atoms with van der Waals surface area (Å²) < 4.78 is 35.4. The maximum absolute atomic E-state index is 6.16. The zero-order valence-electron chi connectivity index (χ0n) is 61.2. The number of halogens is 4. The van der Waals surface area contributed by atoms with Crippen LogP contribution in [0.2, 0.25) is 66.4 Å². The summed E-state index contributed by atoms with van der Waals surface area (Å²) in [7, 11) is -2.52. The van der Waals surface area contributed by atoms with E-state index in [0.29, 0.717) is 30.3 Å². The molecule has 12 aromatic rings. The first-order chi connectivity index (χ1) is 47.4. The van der Waals surface area contributed by atoms with Gasteiger partial charge in [-0.25, -0.2) is 24.3 Å². The molecular weight excluding hydrogens is 1460 g/mol. The first-order valence-electron chi connectivity index (χ1n) is 34.5. The molecule has 0 radical (unpaired) electrons. The van der Waals surface area contributed by atoms with E-state index >= 15 is 0 Å². The highest BCUT2D eigenvalue weighted by Crippen LogP contribution is 2.41. The molecule has 1 fully saturated rings. The van der Waals surface area contributed by atoms with Gasteiger partial charge in [-0.1, -0.05) is 172 Å². The molecule has 0 aliphatic carbocycles. The monoisotopic (exact) mass is 1550 g/mol. The zero-order valence-corrected chi connectivity index (χ0v) is 67.6. The van der Waals surface area contributed by atoms with Crippen molar-refractivity contribution in [3.05, 3.63) is 201 Å². The Morgan fingerprint density at radius 1 is 0.490 bits per heavy atom. The van der Waals surface area contributed by atoms with E-state index in [-0.39, 0.29) is 24.2 Å². The number of hydrogen-bond donors (Lipinski definition) is 1. The summed E-state index contributed by atoms with van der Waals surface area (Å²) in [4.78, 5) is 12.9. The Morgan fingerprint density at radius 2 is 0.870 bits per heavy atom. The smallest absolute Gasteiger partial charge is 0.399 e. The average Bonchev–Trinajstić information content (AvgIpc) is 1.56. The van der Waals surface area contributed by atoms with Crippen LogP contribution in [0.25, 0.3) is 73.0 Å². The van der Waals surface area contributed by atoms with E-state index in [0.717, 1.165) is 113 Å². The van der Waals surface area contributed by atoms with E-state index in [4.69, 9.17) is 63.8 Å². The second-order valence-electron chi connectivity index (χ2n) is 29.2. The van der Waals surface area contributed by atoms with Gasteiger partial charge in [0.15, 0.2) is 0 Å². The van der Waals surface area contributed by atoms with Crippen LogP contribution in [0.1, 0.15) is 118 Å². The Kier molecular flexibility index (Phi) is 26.0. The molecule has 16 nitrogen and oxygen atoms in total. The number of benzene rings is 3. The molecule has 1 saturated heterocycles. The first kappa shape index (κ1) is 77.5. The molecular formula is C77H97BCl3IN12O4Si2. The molecule has 100 heavy (non-hydrogen) atoms. The first-order valence-corrected chi connectivity index (χ1v) is 44.1. The fourth-order valence-electron chi connectivity index (χ4n) is 11.3. The van der Waals surface area contributed by atoms with Crippen LogP contribution in [0.3, 0.4) is 0 Å². The van der Waals surface area contributed by atoms with Crippen molar-refractivity contribution in [1.82, 2.24) is 57.9 Å². The van der Waals surface area contributed by atoms with Crippen molar-refractivity contribution in [2.75, 3.05) is 13.2 Å². The van der Waals surface area contributed by atoms with Crippen LogP contribution in [0, 0.1) is 3.57 Å². The number of rotatable bonds is 19. The van der Waals surface area contributed by atoms with Gasteiger partial charge >= 0.3 is 7.12 Å². The van der Waals surface area contributed by atoms with Gasteiger partial charge in [-0.05, 0) is 152 Å². The third-order valence-electron chi connectivity index (χ3n) is 17.5. The largest absolute Gasteiger partial charge is 0.496 e. The maximum Gasteiger partial charge on any atom is 0.496 e. The summed E-state index contributed by atoms with van der Waals surface area (Å²) in [5.41, 5.74) is 17.3. The lowest BCUT2D eigenvalue weighted by molar-refractivity contribution is 0.00578. The maximum atomic E-state index is 6.16. The Bertz CT molecular complexity index is 4610. The molecule has 0 amide bonds. The lowest BCUT2D eigenvalue weighted by Gasteiger charge is -2.32. The second-order valence-corrected chi connectivity index (χ2v) is 42.8. The number of imidazole rings is 3. The van der Waals surface area contributed by atoms with Crippen molar-refractivity contribution in [1.29, 1.82) is 0 Å². The van der Waals surface area contributed by atoms with Gasteiger partial charge in [0.25, 0.3) is 0 Å². The normalized spacial score (nSPS) is 13.6. The second kappa shape index (κ2) is 33.6. The minimum atomic E-state index is -1.14. The topological polar surface area (TPSA) is 153 Å². The van der Waals surface area contributed by atoms with Crippen LogP contribution >= 0.6 is 57.4 Å². The van der Waals surface area contributed by atoms with Crippen LogP contribution in [-0.4, -0.2) is 106 Å². The van der Waals surface area contributed by atoms with Crippen molar-refractivity contribution in [2.45, 2.75) is 177 Å². The molecule has 23 heteroatoms. The molecule has 9 aromatic heterocycles. The van der Waals surface area contributed by atoms with Crippen LogP contribution in [0.4, 0.5) is 0 Å². The molecule has 0 saturated carbocycles. The average molecular weight is 1550 g/mol. The Morgan fingerprint density at radius 3 is 1.30 bits per heavy atom. The predicted molar refractivity (Wildman–Crippen MR) is 428 cm³/mol. The molecule has 1 aliphatic rings. The van der Waals surface area contributed by atoms with E-state index in [2.05, 4.69) is 181 Å². The summed E-state index contributed by atoms with van der Waals surface area (Å²) in [6.45, 7) is 42.1. The fourth-order valence-corrected chi connectivity index (χ4v) is 14.5. The van der Waals surface area contributed by atoms with Crippen LogP contribution < -0.4 is 5.46 Å². The van der Waals surface area contributed by atoms with E-state index in [1.807, 2.05) is 164 Å². The molecule has 0 atom stereocenters. The number of ether oxygens (including phenoxy) is 2. The Hall–Kier alpha value is -6.70. The third-order valence-corrected chi connectivity index (χ3v) is 22.7. The fraction of sp³-hybridized carbons (Fsp3) is 0.377. The molecule has 3 aromatic carbocycles. The summed E-state index contributed by atoms with van der Waals surface area (Å²) >= 11 is 20.6. The van der Waals surface area contributed by atoms with Crippen molar-refractivity contribution >= 4 is 103 Å². The van der Waals surface area contributed by atoms with Gasteiger partial charge in [-0.15, -0.1) is 0 Å². The number of nitrogens with zero attached hydrogens (tertiary/aromatic N) is 11. The molecule has 0 bridgehead atoms.